The zero-order chi connectivity index (χ0) is 12.4. The van der Waals surface area contributed by atoms with E-state index in [2.05, 4.69) is 0 Å². The summed E-state index contributed by atoms with van der Waals surface area (Å²) in [5, 5.41) is -0.432. The van der Waals surface area contributed by atoms with E-state index in [1.807, 2.05) is 18.2 Å². The molecule has 1 saturated carbocycles. The minimum Gasteiger partial charge on any atom is -0.336 e. The van der Waals surface area contributed by atoms with Crippen LogP contribution < -0.4 is 0 Å². The van der Waals surface area contributed by atoms with Gasteiger partial charge in [0.15, 0.2) is 0 Å². The summed E-state index contributed by atoms with van der Waals surface area (Å²) in [4.78, 5) is 13.8. The highest BCUT2D eigenvalue weighted by Crippen LogP contribution is 2.60. The Morgan fingerprint density at radius 1 is 1.29 bits per heavy atom. The summed E-state index contributed by atoms with van der Waals surface area (Å²) in [7, 11) is 1.74. The van der Waals surface area contributed by atoms with Crippen molar-refractivity contribution in [1.29, 1.82) is 0 Å². The summed E-state index contributed by atoms with van der Waals surface area (Å²) in [6.07, 6.45) is 0. The van der Waals surface area contributed by atoms with Crippen molar-refractivity contribution in [2.24, 2.45) is 0 Å². The molecule has 17 heavy (non-hydrogen) atoms. The lowest BCUT2D eigenvalue weighted by Crippen LogP contribution is -2.68. The fourth-order valence-electron chi connectivity index (χ4n) is 2.78. The van der Waals surface area contributed by atoms with Crippen molar-refractivity contribution in [3.63, 3.8) is 0 Å². The van der Waals surface area contributed by atoms with Gasteiger partial charge in [0.05, 0.1) is 11.4 Å². The monoisotopic (exact) mass is 289 g/mol. The highest BCUT2D eigenvalue weighted by Gasteiger charge is 2.65. The number of carbonyl (C=O) groups is 1. The van der Waals surface area contributed by atoms with Crippen molar-refractivity contribution in [3.8, 4) is 0 Å². The molecule has 90 valence electrons. The average Bonchev–Trinajstić information content (AvgIpc) is 2.32. The number of likely N-dealkylation sites (N-methyl/N-ethyl adjacent to an activating group) is 1. The molecule has 0 spiro atoms. The largest absolute Gasteiger partial charge is 0.336 e. The van der Waals surface area contributed by atoms with Gasteiger partial charge in [0.2, 0.25) is 0 Å². The fourth-order valence-corrected chi connectivity index (χ4v) is 3.98. The molecule has 2 aliphatic rings. The zero-order valence-corrected chi connectivity index (χ0v) is 11.3. The van der Waals surface area contributed by atoms with Gasteiger partial charge in [-0.05, 0) is 11.6 Å². The van der Waals surface area contributed by atoms with Gasteiger partial charge in [-0.3, -0.25) is 4.79 Å². The molecule has 0 N–H and O–H groups in total. The lowest BCUT2D eigenvalue weighted by molar-refractivity contribution is 0.0540. The van der Waals surface area contributed by atoms with E-state index < -0.39 is 9.71 Å². The molecular formula is C12H10Cl3NO. The standard InChI is InChI=1S/C12H10Cl3NO/c1-16-9-8(12(14,15)10(9)13)6-4-2-3-5-7(6)11(16)17/h2-5,8-10H,1H3/t8-,9+,10-/m0/s1. The van der Waals surface area contributed by atoms with Gasteiger partial charge in [0.25, 0.3) is 5.91 Å². The first-order chi connectivity index (χ1) is 7.96. The highest BCUT2D eigenvalue weighted by atomic mass is 35.5. The van der Waals surface area contributed by atoms with E-state index in [0.717, 1.165) is 5.56 Å². The van der Waals surface area contributed by atoms with Crippen molar-refractivity contribution >= 4 is 40.7 Å². The SMILES string of the molecule is CN1C(=O)c2ccccc2[C@H]2[C@@H]1[C@H](Cl)C2(Cl)Cl. The van der Waals surface area contributed by atoms with Crippen molar-refractivity contribution in [1.82, 2.24) is 4.90 Å². The van der Waals surface area contributed by atoms with E-state index in [0.29, 0.717) is 5.56 Å². The summed E-state index contributed by atoms with van der Waals surface area (Å²) >= 11 is 18.7. The minimum absolute atomic E-state index is 0.0173. The lowest BCUT2D eigenvalue weighted by atomic mass is 9.68. The molecule has 1 fully saturated rings. The summed E-state index contributed by atoms with van der Waals surface area (Å²) in [5.74, 6) is -0.122. The highest BCUT2D eigenvalue weighted by molar-refractivity contribution is 6.54. The second-order valence-electron chi connectivity index (χ2n) is 4.55. The van der Waals surface area contributed by atoms with Crippen molar-refractivity contribution in [2.75, 3.05) is 7.05 Å². The molecule has 1 heterocycles. The van der Waals surface area contributed by atoms with Crippen LogP contribution in [0.25, 0.3) is 0 Å². The van der Waals surface area contributed by atoms with E-state index >= 15 is 0 Å². The maximum absolute atomic E-state index is 12.1. The lowest BCUT2D eigenvalue weighted by Gasteiger charge is -2.57. The van der Waals surface area contributed by atoms with Crippen LogP contribution in [-0.2, 0) is 0 Å². The molecule has 0 unspecified atom stereocenters. The Morgan fingerprint density at radius 3 is 2.65 bits per heavy atom. The number of amides is 1. The number of carbonyl (C=O) groups excluding carboxylic acids is 1. The molecule has 0 aromatic heterocycles. The van der Waals surface area contributed by atoms with Gasteiger partial charge < -0.3 is 4.90 Å². The quantitative estimate of drug-likeness (QED) is 0.673. The molecule has 1 aromatic rings. The van der Waals surface area contributed by atoms with Gasteiger partial charge in [0, 0.05) is 18.5 Å². The second kappa shape index (κ2) is 3.53. The van der Waals surface area contributed by atoms with Gasteiger partial charge in [-0.15, -0.1) is 11.6 Å². The van der Waals surface area contributed by atoms with E-state index in [9.17, 15) is 4.79 Å². The average molecular weight is 291 g/mol. The molecule has 1 aromatic carbocycles. The molecule has 3 atom stereocenters. The maximum Gasteiger partial charge on any atom is 0.254 e. The first kappa shape index (κ1) is 11.6. The normalized spacial score (nSPS) is 33.8. The molecular weight excluding hydrogens is 280 g/mol. The van der Waals surface area contributed by atoms with Crippen molar-refractivity contribution in [3.05, 3.63) is 35.4 Å². The summed E-state index contributed by atoms with van der Waals surface area (Å²) in [5.41, 5.74) is 1.58. The number of rotatable bonds is 0. The molecule has 1 aliphatic heterocycles. The van der Waals surface area contributed by atoms with Gasteiger partial charge in [-0.2, -0.15) is 0 Å². The summed E-state index contributed by atoms with van der Waals surface area (Å²) in [6, 6.07) is 7.32. The van der Waals surface area contributed by atoms with Crippen LogP contribution in [-0.4, -0.2) is 33.6 Å². The van der Waals surface area contributed by atoms with Crippen LogP contribution in [0.5, 0.6) is 0 Å². The molecule has 1 aliphatic carbocycles. The number of nitrogens with zero attached hydrogens (tertiary/aromatic N) is 1. The topological polar surface area (TPSA) is 20.3 Å². The van der Waals surface area contributed by atoms with Crippen LogP contribution in [0.2, 0.25) is 0 Å². The Hall–Kier alpha value is -0.440. The predicted octanol–water partition coefficient (Wildman–Crippen LogP) is 3.02. The van der Waals surface area contributed by atoms with Gasteiger partial charge in [-0.1, -0.05) is 41.4 Å². The number of halogens is 3. The van der Waals surface area contributed by atoms with Crippen LogP contribution in [0.1, 0.15) is 21.8 Å². The number of hydrogen-bond donors (Lipinski definition) is 0. The summed E-state index contributed by atoms with van der Waals surface area (Å²) in [6.45, 7) is 0. The van der Waals surface area contributed by atoms with Crippen LogP contribution in [0, 0.1) is 0 Å². The Balaban J connectivity index is 2.18. The van der Waals surface area contributed by atoms with Gasteiger partial charge in [0.1, 0.15) is 4.33 Å². The molecule has 0 radical (unpaired) electrons. The number of hydrogen-bond acceptors (Lipinski definition) is 1. The summed E-state index contributed by atoms with van der Waals surface area (Å²) < 4.78 is -1.00. The smallest absolute Gasteiger partial charge is 0.254 e. The van der Waals surface area contributed by atoms with Gasteiger partial charge in [-0.25, -0.2) is 0 Å². The molecule has 5 heteroatoms. The van der Waals surface area contributed by atoms with Crippen LogP contribution in [0.15, 0.2) is 24.3 Å². The molecule has 0 saturated heterocycles. The number of benzene rings is 1. The van der Waals surface area contributed by atoms with E-state index in [-0.39, 0.29) is 17.9 Å². The minimum atomic E-state index is -1.00. The Kier molecular flexibility index (Phi) is 2.42. The Labute approximate surface area is 114 Å². The van der Waals surface area contributed by atoms with E-state index in [1.54, 1.807) is 18.0 Å². The first-order valence-electron chi connectivity index (χ1n) is 5.34. The third kappa shape index (κ3) is 1.32. The first-order valence-corrected chi connectivity index (χ1v) is 6.53. The van der Waals surface area contributed by atoms with Crippen molar-refractivity contribution < 1.29 is 4.79 Å². The maximum atomic E-state index is 12.1. The Bertz CT molecular complexity index is 502. The van der Waals surface area contributed by atoms with Crippen LogP contribution in [0.4, 0.5) is 0 Å². The third-order valence-corrected chi connectivity index (χ3v) is 5.48. The van der Waals surface area contributed by atoms with E-state index in [4.69, 9.17) is 34.8 Å². The number of fused-ring (bicyclic) bond motifs is 3. The second-order valence-corrected chi connectivity index (χ2v) is 6.46. The van der Waals surface area contributed by atoms with Crippen molar-refractivity contribution in [2.45, 2.75) is 21.7 Å². The van der Waals surface area contributed by atoms with E-state index in [1.165, 1.54) is 0 Å². The Morgan fingerprint density at radius 2 is 1.94 bits per heavy atom. The molecule has 1 amide bonds. The van der Waals surface area contributed by atoms with Crippen LogP contribution in [0.3, 0.4) is 0 Å². The number of alkyl halides is 3. The predicted molar refractivity (Wildman–Crippen MR) is 69.1 cm³/mol. The van der Waals surface area contributed by atoms with Gasteiger partial charge >= 0.3 is 0 Å². The molecule has 2 nitrogen and oxygen atoms in total. The zero-order valence-electron chi connectivity index (χ0n) is 9.03. The molecule has 3 rings (SSSR count). The fraction of sp³-hybridized carbons (Fsp3) is 0.417. The molecule has 0 bridgehead atoms. The third-order valence-electron chi connectivity index (χ3n) is 3.72. The van der Waals surface area contributed by atoms with Crippen LogP contribution >= 0.6 is 34.8 Å².